The molecule has 3 aromatic rings. The first-order chi connectivity index (χ1) is 14.8. The highest BCUT2D eigenvalue weighted by molar-refractivity contribution is 7.99. The Bertz CT molecular complexity index is 1150. The molecule has 0 saturated carbocycles. The molecule has 1 aliphatic heterocycles. The van der Waals surface area contributed by atoms with E-state index in [1.54, 1.807) is 18.3 Å². The van der Waals surface area contributed by atoms with Crippen LogP contribution >= 0.6 is 11.8 Å². The van der Waals surface area contributed by atoms with Gasteiger partial charge in [0.2, 0.25) is 5.91 Å². The van der Waals surface area contributed by atoms with E-state index in [9.17, 15) is 27.2 Å². The molecule has 2 N–H and O–H groups in total. The van der Waals surface area contributed by atoms with Gasteiger partial charge in [0.05, 0.1) is 17.0 Å². The number of benzene rings is 2. The second-order valence-corrected chi connectivity index (χ2v) is 8.06. The fourth-order valence-electron chi connectivity index (χ4n) is 3.53. The third-order valence-corrected chi connectivity index (χ3v) is 6.11. The predicted molar refractivity (Wildman–Crippen MR) is 109 cm³/mol. The van der Waals surface area contributed by atoms with Crippen LogP contribution in [0.1, 0.15) is 21.5 Å². The maximum absolute atomic E-state index is 13.3. The molecule has 2 aromatic carbocycles. The topological polar surface area (TPSA) is 65.2 Å². The number of carbonyl (C=O) groups is 2. The molecule has 1 aromatic heterocycles. The summed E-state index contributed by atoms with van der Waals surface area (Å²) in [5.74, 6) is -1.28. The van der Waals surface area contributed by atoms with E-state index in [0.29, 0.717) is 23.3 Å². The highest BCUT2D eigenvalue weighted by Crippen LogP contribution is 2.33. The van der Waals surface area contributed by atoms with Crippen LogP contribution in [-0.2, 0) is 17.5 Å². The summed E-state index contributed by atoms with van der Waals surface area (Å²) in [7, 11) is 0. The zero-order valence-corrected chi connectivity index (χ0v) is 16.8. The fourth-order valence-corrected chi connectivity index (χ4v) is 4.68. The van der Waals surface area contributed by atoms with E-state index in [1.807, 2.05) is 12.1 Å². The molecule has 5 nitrogen and oxygen atoms in total. The Balaban J connectivity index is 1.50. The Labute approximate surface area is 178 Å². The number of thioether (sulfide) groups is 1. The van der Waals surface area contributed by atoms with Gasteiger partial charge in [-0.25, -0.2) is 4.39 Å². The summed E-state index contributed by atoms with van der Waals surface area (Å²) in [4.78, 5) is 30.2. The second kappa shape index (κ2) is 8.26. The highest BCUT2D eigenvalue weighted by Gasteiger charge is 2.37. The highest BCUT2D eigenvalue weighted by atomic mass is 32.2. The van der Waals surface area contributed by atoms with E-state index in [2.05, 4.69) is 10.3 Å². The van der Waals surface area contributed by atoms with Gasteiger partial charge >= 0.3 is 6.18 Å². The Morgan fingerprint density at radius 2 is 1.97 bits per heavy atom. The maximum Gasteiger partial charge on any atom is 0.416 e. The first-order valence-corrected chi connectivity index (χ1v) is 10.5. The van der Waals surface area contributed by atoms with Crippen molar-refractivity contribution < 1.29 is 27.2 Å². The van der Waals surface area contributed by atoms with Gasteiger partial charge < -0.3 is 15.2 Å². The number of amides is 2. The van der Waals surface area contributed by atoms with Gasteiger partial charge in [-0.15, -0.1) is 11.8 Å². The molecule has 1 unspecified atom stereocenters. The number of halogens is 4. The summed E-state index contributed by atoms with van der Waals surface area (Å²) < 4.78 is 52.8. The van der Waals surface area contributed by atoms with Crippen molar-refractivity contribution in [2.24, 2.45) is 0 Å². The Morgan fingerprint density at radius 1 is 1.19 bits per heavy atom. The summed E-state index contributed by atoms with van der Waals surface area (Å²) in [6.07, 6.45) is -3.16. The minimum Gasteiger partial charge on any atom is -0.360 e. The van der Waals surface area contributed by atoms with Crippen LogP contribution in [0.4, 0.5) is 17.6 Å². The van der Waals surface area contributed by atoms with E-state index in [4.69, 9.17) is 0 Å². The van der Waals surface area contributed by atoms with Crippen molar-refractivity contribution >= 4 is 34.5 Å². The number of rotatable bonds is 4. The minimum atomic E-state index is -4.75. The van der Waals surface area contributed by atoms with Crippen molar-refractivity contribution in [2.75, 3.05) is 11.6 Å². The molecule has 31 heavy (non-hydrogen) atoms. The van der Waals surface area contributed by atoms with Gasteiger partial charge in [-0.3, -0.25) is 9.59 Å². The standard InChI is InChI=1S/C21H17F4N3O2S/c22-13-6-5-12(16(7-13)21(23,24)25)8-27-19(29)18-10-31-11-28(18)20(30)15-9-26-17-4-2-1-3-14(15)17/h1-7,9,18,26H,8,10-11H2,(H,27,29). The molecule has 4 rings (SSSR count). The van der Waals surface area contributed by atoms with Crippen molar-refractivity contribution in [1.29, 1.82) is 0 Å². The van der Waals surface area contributed by atoms with Crippen LogP contribution in [0.3, 0.4) is 0 Å². The Kier molecular flexibility index (Phi) is 5.65. The number of aromatic nitrogens is 1. The molecular formula is C21H17F4N3O2S. The van der Waals surface area contributed by atoms with Crippen LogP contribution in [0.25, 0.3) is 10.9 Å². The lowest BCUT2D eigenvalue weighted by atomic mass is 10.1. The van der Waals surface area contributed by atoms with Gasteiger partial charge in [-0.2, -0.15) is 13.2 Å². The molecule has 0 spiro atoms. The van der Waals surface area contributed by atoms with Crippen molar-refractivity contribution in [1.82, 2.24) is 15.2 Å². The van der Waals surface area contributed by atoms with E-state index in [1.165, 1.54) is 16.7 Å². The average Bonchev–Trinajstić information content (AvgIpc) is 3.39. The van der Waals surface area contributed by atoms with Crippen LogP contribution in [0.2, 0.25) is 0 Å². The van der Waals surface area contributed by atoms with Crippen LogP contribution < -0.4 is 5.32 Å². The molecule has 2 amide bonds. The molecule has 0 aliphatic carbocycles. The summed E-state index contributed by atoms with van der Waals surface area (Å²) in [6.45, 7) is -0.426. The normalized spacial score (nSPS) is 16.6. The number of H-pyrrole nitrogens is 1. The molecule has 0 bridgehead atoms. The number of nitrogens with zero attached hydrogens (tertiary/aromatic N) is 1. The lowest BCUT2D eigenvalue weighted by Gasteiger charge is -2.23. The van der Waals surface area contributed by atoms with Crippen LogP contribution in [0.15, 0.2) is 48.7 Å². The predicted octanol–water partition coefficient (Wildman–Crippen LogP) is 4.16. The minimum absolute atomic E-state index is 0.248. The SMILES string of the molecule is O=C(NCc1ccc(F)cc1C(F)(F)F)C1CSCN1C(=O)c1c[nH]c2ccccc12. The third-order valence-electron chi connectivity index (χ3n) is 5.10. The number of para-hydroxylation sites is 1. The number of fused-ring (bicyclic) bond motifs is 1. The maximum atomic E-state index is 13.3. The van der Waals surface area contributed by atoms with Crippen molar-refractivity contribution in [3.8, 4) is 0 Å². The van der Waals surface area contributed by atoms with Gasteiger partial charge in [-0.05, 0) is 23.8 Å². The van der Waals surface area contributed by atoms with Crippen molar-refractivity contribution in [3.63, 3.8) is 0 Å². The van der Waals surface area contributed by atoms with E-state index < -0.39 is 36.1 Å². The zero-order valence-electron chi connectivity index (χ0n) is 16.0. The van der Waals surface area contributed by atoms with Crippen LogP contribution in [0, 0.1) is 5.82 Å². The van der Waals surface area contributed by atoms with Gasteiger partial charge in [0, 0.05) is 29.4 Å². The number of hydrogen-bond acceptors (Lipinski definition) is 3. The Morgan fingerprint density at radius 3 is 2.74 bits per heavy atom. The summed E-state index contributed by atoms with van der Waals surface area (Å²) in [5.41, 5.74) is -0.175. The Hall–Kier alpha value is -3.01. The first kappa shape index (κ1) is 21.2. The molecule has 1 fully saturated rings. The van der Waals surface area contributed by atoms with E-state index >= 15 is 0 Å². The van der Waals surface area contributed by atoms with E-state index in [-0.39, 0.29) is 11.5 Å². The van der Waals surface area contributed by atoms with Gasteiger partial charge in [0.1, 0.15) is 11.9 Å². The molecule has 2 heterocycles. The second-order valence-electron chi connectivity index (χ2n) is 7.06. The lowest BCUT2D eigenvalue weighted by molar-refractivity contribution is -0.138. The van der Waals surface area contributed by atoms with Gasteiger partial charge in [-0.1, -0.05) is 24.3 Å². The molecule has 0 radical (unpaired) electrons. The largest absolute Gasteiger partial charge is 0.416 e. The molecule has 10 heteroatoms. The van der Waals surface area contributed by atoms with Gasteiger partial charge in [0.25, 0.3) is 5.91 Å². The number of hydrogen-bond donors (Lipinski definition) is 2. The number of nitrogens with one attached hydrogen (secondary N) is 2. The summed E-state index contributed by atoms with van der Waals surface area (Å²) >= 11 is 1.39. The first-order valence-electron chi connectivity index (χ1n) is 9.34. The smallest absolute Gasteiger partial charge is 0.360 e. The molecule has 1 aliphatic rings. The lowest BCUT2D eigenvalue weighted by Crippen LogP contribution is -2.47. The fraction of sp³-hybridized carbons (Fsp3) is 0.238. The van der Waals surface area contributed by atoms with Gasteiger partial charge in [0.15, 0.2) is 0 Å². The number of aromatic amines is 1. The molecule has 1 saturated heterocycles. The van der Waals surface area contributed by atoms with Crippen LogP contribution in [0.5, 0.6) is 0 Å². The third kappa shape index (κ3) is 4.25. The van der Waals surface area contributed by atoms with Crippen LogP contribution in [-0.4, -0.2) is 39.4 Å². The number of alkyl halides is 3. The monoisotopic (exact) mass is 451 g/mol. The zero-order chi connectivity index (χ0) is 22.2. The average molecular weight is 451 g/mol. The van der Waals surface area contributed by atoms with Crippen molar-refractivity contribution in [2.45, 2.75) is 18.8 Å². The summed E-state index contributed by atoms with van der Waals surface area (Å²) in [5, 5.41) is 3.19. The van der Waals surface area contributed by atoms with Crippen molar-refractivity contribution in [3.05, 3.63) is 71.2 Å². The molecular weight excluding hydrogens is 434 g/mol. The quantitative estimate of drug-likeness (QED) is 0.586. The summed E-state index contributed by atoms with van der Waals surface area (Å²) in [6, 6.07) is 8.75. The molecule has 1 atom stereocenters. The van der Waals surface area contributed by atoms with E-state index in [0.717, 1.165) is 23.0 Å². The number of carbonyl (C=O) groups excluding carboxylic acids is 2. The molecule has 162 valence electrons.